The second-order valence-electron chi connectivity index (χ2n) is 5.98. The molecule has 116 valence electrons. The van der Waals surface area contributed by atoms with E-state index in [4.69, 9.17) is 0 Å². The molecule has 1 N–H and O–H groups in total. The minimum absolute atomic E-state index is 0.0256. The van der Waals surface area contributed by atoms with Crippen LogP contribution in [0.15, 0.2) is 16.8 Å². The Hall–Kier alpha value is -1.36. The number of carbonyl (C=O) groups excluding carboxylic acids is 1. The van der Waals surface area contributed by atoms with Gasteiger partial charge < -0.3 is 10.0 Å². The first-order chi connectivity index (χ1) is 9.98. The van der Waals surface area contributed by atoms with E-state index >= 15 is 0 Å². The van der Waals surface area contributed by atoms with E-state index in [-0.39, 0.29) is 18.4 Å². The lowest BCUT2D eigenvalue weighted by Crippen LogP contribution is -2.46. The first kappa shape index (κ1) is 16.0. The van der Waals surface area contributed by atoms with Crippen molar-refractivity contribution in [3.05, 3.63) is 22.4 Å². The summed E-state index contributed by atoms with van der Waals surface area (Å²) in [4.78, 5) is 25.7. The number of carbonyl (C=O) groups is 2. The van der Waals surface area contributed by atoms with Crippen LogP contribution in [0.5, 0.6) is 0 Å². The summed E-state index contributed by atoms with van der Waals surface area (Å²) in [5.41, 5.74) is 0.433. The molecular weight excluding hydrogens is 286 g/mol. The molecule has 1 unspecified atom stereocenters. The van der Waals surface area contributed by atoms with Crippen LogP contribution in [0.25, 0.3) is 0 Å². The maximum Gasteiger partial charge on any atom is 0.310 e. The van der Waals surface area contributed by atoms with Crippen molar-refractivity contribution in [3.8, 4) is 0 Å². The average molecular weight is 309 g/mol. The molecule has 1 aliphatic carbocycles. The van der Waals surface area contributed by atoms with Gasteiger partial charge in [0, 0.05) is 19.0 Å². The highest BCUT2D eigenvalue weighted by Gasteiger charge is 2.46. The highest BCUT2D eigenvalue weighted by atomic mass is 32.1. The fourth-order valence-corrected chi connectivity index (χ4v) is 3.74. The van der Waals surface area contributed by atoms with Crippen LogP contribution < -0.4 is 0 Å². The number of hydrogen-bond acceptors (Lipinski definition) is 3. The zero-order valence-corrected chi connectivity index (χ0v) is 13.5. The Bertz CT molecular complexity index is 494. The zero-order valence-electron chi connectivity index (χ0n) is 12.7. The number of carboxylic acid groups (broad SMARTS) is 1. The van der Waals surface area contributed by atoms with Crippen molar-refractivity contribution in [3.63, 3.8) is 0 Å². The second-order valence-corrected chi connectivity index (χ2v) is 6.76. The number of hydrogen-bond donors (Lipinski definition) is 1. The van der Waals surface area contributed by atoms with Crippen LogP contribution in [-0.4, -0.2) is 34.5 Å². The summed E-state index contributed by atoms with van der Waals surface area (Å²) in [6, 6.07) is 2.17. The molecule has 1 heterocycles. The third kappa shape index (κ3) is 3.46. The van der Waals surface area contributed by atoms with Gasteiger partial charge in [-0.1, -0.05) is 6.42 Å². The molecular formula is C16H23NO3S. The van der Waals surface area contributed by atoms with Crippen molar-refractivity contribution in [1.82, 2.24) is 4.90 Å². The molecule has 1 fully saturated rings. The Kier molecular flexibility index (Phi) is 5.04. The summed E-state index contributed by atoms with van der Waals surface area (Å²) < 4.78 is 0. The maximum absolute atomic E-state index is 12.5. The van der Waals surface area contributed by atoms with Gasteiger partial charge >= 0.3 is 5.97 Å². The van der Waals surface area contributed by atoms with Gasteiger partial charge in [0.05, 0.1) is 5.41 Å². The number of thiophene rings is 1. The lowest BCUT2D eigenvalue weighted by atomic mass is 9.66. The lowest BCUT2D eigenvalue weighted by Gasteiger charge is -2.39. The molecule has 0 spiro atoms. The fourth-order valence-electron chi connectivity index (χ4n) is 3.05. The van der Waals surface area contributed by atoms with Crippen molar-refractivity contribution < 1.29 is 14.7 Å². The third-order valence-electron chi connectivity index (χ3n) is 4.56. The standard InChI is InChI=1S/C16H23NO3S/c1-3-17(12(2)9-13-5-8-21-11-13)14(18)10-16(15(19)20)6-4-7-16/h5,8,11-12H,3-4,6-7,9-10H2,1-2H3,(H,19,20). The molecule has 1 aromatic heterocycles. The summed E-state index contributed by atoms with van der Waals surface area (Å²) in [5, 5.41) is 13.5. The molecule has 21 heavy (non-hydrogen) atoms. The quantitative estimate of drug-likeness (QED) is 0.841. The molecule has 1 amide bonds. The van der Waals surface area contributed by atoms with E-state index in [1.54, 1.807) is 11.3 Å². The van der Waals surface area contributed by atoms with Gasteiger partial charge in [-0.2, -0.15) is 11.3 Å². The van der Waals surface area contributed by atoms with E-state index in [1.807, 2.05) is 24.1 Å². The van der Waals surface area contributed by atoms with Gasteiger partial charge in [0.1, 0.15) is 0 Å². The van der Waals surface area contributed by atoms with Crippen LogP contribution in [0.4, 0.5) is 0 Å². The minimum Gasteiger partial charge on any atom is -0.481 e. The topological polar surface area (TPSA) is 57.6 Å². The Morgan fingerprint density at radius 2 is 2.19 bits per heavy atom. The van der Waals surface area contributed by atoms with Crippen molar-refractivity contribution in [1.29, 1.82) is 0 Å². The smallest absolute Gasteiger partial charge is 0.310 e. The molecule has 0 aliphatic heterocycles. The number of amides is 1. The second kappa shape index (κ2) is 6.60. The van der Waals surface area contributed by atoms with Gasteiger partial charge in [-0.15, -0.1) is 0 Å². The van der Waals surface area contributed by atoms with Gasteiger partial charge in [-0.05, 0) is 55.5 Å². The Balaban J connectivity index is 1.99. The molecule has 4 nitrogen and oxygen atoms in total. The number of aliphatic carboxylic acids is 1. The lowest BCUT2D eigenvalue weighted by molar-refractivity contribution is -0.160. The molecule has 1 saturated carbocycles. The van der Waals surface area contributed by atoms with E-state index in [0.29, 0.717) is 19.4 Å². The van der Waals surface area contributed by atoms with Gasteiger partial charge in [0.2, 0.25) is 5.91 Å². The Morgan fingerprint density at radius 1 is 1.48 bits per heavy atom. The fraction of sp³-hybridized carbons (Fsp3) is 0.625. The predicted molar refractivity (Wildman–Crippen MR) is 83.4 cm³/mol. The van der Waals surface area contributed by atoms with E-state index in [1.165, 1.54) is 5.56 Å². The van der Waals surface area contributed by atoms with Crippen LogP contribution in [0.2, 0.25) is 0 Å². The highest BCUT2D eigenvalue weighted by Crippen LogP contribution is 2.44. The van der Waals surface area contributed by atoms with Crippen LogP contribution in [0.3, 0.4) is 0 Å². The molecule has 2 rings (SSSR count). The molecule has 5 heteroatoms. The zero-order chi connectivity index (χ0) is 15.5. The van der Waals surface area contributed by atoms with Crippen LogP contribution in [-0.2, 0) is 16.0 Å². The molecule has 0 bridgehead atoms. The van der Waals surface area contributed by atoms with Crippen molar-refractivity contribution in [2.45, 2.75) is 52.0 Å². The average Bonchev–Trinajstić information content (AvgIpc) is 2.86. The molecule has 0 aromatic carbocycles. The van der Waals surface area contributed by atoms with Crippen LogP contribution in [0.1, 0.15) is 45.1 Å². The first-order valence-electron chi connectivity index (χ1n) is 7.52. The minimum atomic E-state index is -0.816. The van der Waals surface area contributed by atoms with Crippen molar-refractivity contribution in [2.24, 2.45) is 5.41 Å². The molecule has 1 atom stereocenters. The molecule has 1 aliphatic rings. The van der Waals surface area contributed by atoms with Crippen LogP contribution in [0, 0.1) is 5.41 Å². The number of rotatable bonds is 7. The summed E-state index contributed by atoms with van der Waals surface area (Å²) in [5.74, 6) is -0.842. The highest BCUT2D eigenvalue weighted by molar-refractivity contribution is 7.07. The summed E-state index contributed by atoms with van der Waals surface area (Å²) in [6.07, 6.45) is 3.14. The number of carboxylic acids is 1. The number of nitrogens with zero attached hydrogens (tertiary/aromatic N) is 1. The normalized spacial score (nSPS) is 17.8. The van der Waals surface area contributed by atoms with Gasteiger partial charge in [0.25, 0.3) is 0 Å². The Labute approximate surface area is 129 Å². The van der Waals surface area contributed by atoms with Gasteiger partial charge in [-0.25, -0.2) is 0 Å². The van der Waals surface area contributed by atoms with E-state index in [9.17, 15) is 14.7 Å². The van der Waals surface area contributed by atoms with Gasteiger partial charge in [-0.3, -0.25) is 9.59 Å². The van der Waals surface area contributed by atoms with E-state index < -0.39 is 11.4 Å². The van der Waals surface area contributed by atoms with E-state index in [2.05, 4.69) is 11.4 Å². The molecule has 1 aromatic rings. The molecule has 0 radical (unpaired) electrons. The summed E-state index contributed by atoms with van der Waals surface area (Å²) >= 11 is 1.65. The summed E-state index contributed by atoms with van der Waals surface area (Å²) in [6.45, 7) is 4.61. The maximum atomic E-state index is 12.5. The SMILES string of the molecule is CCN(C(=O)CC1(C(=O)O)CCC1)C(C)Cc1ccsc1. The summed E-state index contributed by atoms with van der Waals surface area (Å²) in [7, 11) is 0. The van der Waals surface area contributed by atoms with Crippen molar-refractivity contribution in [2.75, 3.05) is 6.54 Å². The number of likely N-dealkylation sites (N-methyl/N-ethyl adjacent to an activating group) is 1. The molecule has 0 saturated heterocycles. The Morgan fingerprint density at radius 3 is 2.62 bits per heavy atom. The first-order valence-corrected chi connectivity index (χ1v) is 8.47. The van der Waals surface area contributed by atoms with E-state index in [0.717, 1.165) is 12.8 Å². The van der Waals surface area contributed by atoms with Crippen LogP contribution >= 0.6 is 11.3 Å². The largest absolute Gasteiger partial charge is 0.481 e. The van der Waals surface area contributed by atoms with Crippen molar-refractivity contribution >= 4 is 23.2 Å². The monoisotopic (exact) mass is 309 g/mol. The predicted octanol–water partition coefficient (Wildman–Crippen LogP) is 3.17. The third-order valence-corrected chi connectivity index (χ3v) is 5.29. The van der Waals surface area contributed by atoms with Gasteiger partial charge in [0.15, 0.2) is 0 Å².